The van der Waals surface area contributed by atoms with Crippen LogP contribution in [0.1, 0.15) is 18.4 Å². The number of hydrogen-bond donors (Lipinski definition) is 2. The number of phenols is 1. The van der Waals surface area contributed by atoms with Gasteiger partial charge in [-0.15, -0.1) is 0 Å². The topological polar surface area (TPSA) is 75.4 Å². The van der Waals surface area contributed by atoms with Crippen molar-refractivity contribution in [2.75, 3.05) is 7.05 Å². The molecule has 1 aliphatic rings. The van der Waals surface area contributed by atoms with E-state index in [-0.39, 0.29) is 17.0 Å². The third-order valence-corrected chi connectivity index (χ3v) is 3.17. The molecule has 0 amide bonds. The number of hydrogen-bond acceptors (Lipinski definition) is 4. The van der Waals surface area contributed by atoms with E-state index in [1.807, 2.05) is 7.05 Å². The second-order valence-corrected chi connectivity index (χ2v) is 4.28. The molecule has 0 saturated heterocycles. The maximum absolute atomic E-state index is 10.8. The standard InChI is InChI=1S/C11H14N2O3/c1-12-11(4-5-11)7-8-6-9(14)2-3-10(8)13(15)16/h2-3,6,12,14H,4-5,7H2,1H3. The molecular weight excluding hydrogens is 208 g/mol. The molecule has 1 aliphatic carbocycles. The Hall–Kier alpha value is -1.62. The van der Waals surface area contributed by atoms with E-state index in [1.165, 1.54) is 18.2 Å². The summed E-state index contributed by atoms with van der Waals surface area (Å²) in [4.78, 5) is 10.4. The monoisotopic (exact) mass is 222 g/mol. The number of benzene rings is 1. The molecular formula is C11H14N2O3. The Morgan fingerprint density at radius 1 is 1.56 bits per heavy atom. The van der Waals surface area contributed by atoms with Crippen LogP contribution in [0, 0.1) is 10.1 Å². The molecule has 0 radical (unpaired) electrons. The quantitative estimate of drug-likeness (QED) is 0.599. The van der Waals surface area contributed by atoms with Crippen LogP contribution in [0.15, 0.2) is 18.2 Å². The predicted octanol–water partition coefficient (Wildman–Crippen LogP) is 1.59. The van der Waals surface area contributed by atoms with Crippen molar-refractivity contribution in [3.8, 4) is 5.75 Å². The Kier molecular flexibility index (Phi) is 2.55. The molecule has 16 heavy (non-hydrogen) atoms. The van der Waals surface area contributed by atoms with E-state index in [0.717, 1.165) is 12.8 Å². The minimum Gasteiger partial charge on any atom is -0.508 e. The van der Waals surface area contributed by atoms with Crippen molar-refractivity contribution in [2.24, 2.45) is 0 Å². The molecule has 0 spiro atoms. The SMILES string of the molecule is CNC1(Cc2cc(O)ccc2[N+](=O)[O-])CC1. The molecule has 5 heteroatoms. The first-order valence-corrected chi connectivity index (χ1v) is 5.21. The predicted molar refractivity (Wildman–Crippen MR) is 59.5 cm³/mol. The third-order valence-electron chi connectivity index (χ3n) is 3.17. The van der Waals surface area contributed by atoms with Crippen LogP contribution in [0.2, 0.25) is 0 Å². The summed E-state index contributed by atoms with van der Waals surface area (Å²) in [6.45, 7) is 0. The highest BCUT2D eigenvalue weighted by atomic mass is 16.6. The highest BCUT2D eigenvalue weighted by molar-refractivity contribution is 5.46. The van der Waals surface area contributed by atoms with Crippen LogP contribution in [0.25, 0.3) is 0 Å². The largest absolute Gasteiger partial charge is 0.508 e. The highest BCUT2D eigenvalue weighted by Gasteiger charge is 2.42. The van der Waals surface area contributed by atoms with Gasteiger partial charge in [0.1, 0.15) is 5.75 Å². The lowest BCUT2D eigenvalue weighted by atomic mass is 10.0. The van der Waals surface area contributed by atoms with Gasteiger partial charge in [0.25, 0.3) is 5.69 Å². The summed E-state index contributed by atoms with van der Waals surface area (Å²) in [5.74, 6) is 0.0764. The third kappa shape index (κ3) is 1.99. The average Bonchev–Trinajstić information content (AvgIpc) is 2.98. The van der Waals surface area contributed by atoms with E-state index in [9.17, 15) is 15.2 Å². The smallest absolute Gasteiger partial charge is 0.272 e. The van der Waals surface area contributed by atoms with E-state index in [0.29, 0.717) is 12.0 Å². The summed E-state index contributed by atoms with van der Waals surface area (Å²) in [6.07, 6.45) is 2.64. The van der Waals surface area contributed by atoms with Gasteiger partial charge in [0, 0.05) is 17.2 Å². The van der Waals surface area contributed by atoms with Gasteiger partial charge in [0.05, 0.1) is 4.92 Å². The number of nitro groups is 1. The van der Waals surface area contributed by atoms with E-state index >= 15 is 0 Å². The van der Waals surface area contributed by atoms with Gasteiger partial charge < -0.3 is 10.4 Å². The fourth-order valence-corrected chi connectivity index (χ4v) is 1.92. The molecule has 86 valence electrons. The van der Waals surface area contributed by atoms with E-state index in [2.05, 4.69) is 5.32 Å². The summed E-state index contributed by atoms with van der Waals surface area (Å²) in [5, 5.41) is 23.4. The molecule has 0 bridgehead atoms. The van der Waals surface area contributed by atoms with E-state index < -0.39 is 4.92 Å². The second kappa shape index (κ2) is 3.75. The molecule has 0 unspecified atom stereocenters. The van der Waals surface area contributed by atoms with Crippen molar-refractivity contribution in [2.45, 2.75) is 24.8 Å². The maximum Gasteiger partial charge on any atom is 0.272 e. The van der Waals surface area contributed by atoms with Crippen molar-refractivity contribution in [1.29, 1.82) is 0 Å². The lowest BCUT2D eigenvalue weighted by Gasteiger charge is -2.13. The van der Waals surface area contributed by atoms with E-state index in [1.54, 1.807) is 0 Å². The molecule has 0 heterocycles. The number of nitrogens with one attached hydrogen (secondary N) is 1. The number of nitro benzene ring substituents is 1. The summed E-state index contributed by atoms with van der Waals surface area (Å²) >= 11 is 0. The average molecular weight is 222 g/mol. The van der Waals surface area contributed by atoms with Crippen molar-refractivity contribution < 1.29 is 10.0 Å². The number of rotatable bonds is 4. The van der Waals surface area contributed by atoms with Gasteiger partial charge in [0.15, 0.2) is 0 Å². The van der Waals surface area contributed by atoms with Gasteiger partial charge in [0.2, 0.25) is 0 Å². The maximum atomic E-state index is 10.8. The van der Waals surface area contributed by atoms with Gasteiger partial charge in [-0.3, -0.25) is 10.1 Å². The van der Waals surface area contributed by atoms with Crippen LogP contribution < -0.4 is 5.32 Å². The van der Waals surface area contributed by atoms with Crippen LogP contribution in [0.4, 0.5) is 5.69 Å². The first-order chi connectivity index (χ1) is 7.56. The van der Waals surface area contributed by atoms with Crippen LogP contribution >= 0.6 is 0 Å². The van der Waals surface area contributed by atoms with Gasteiger partial charge in [-0.25, -0.2) is 0 Å². The highest BCUT2D eigenvalue weighted by Crippen LogP contribution is 2.40. The Morgan fingerprint density at radius 3 is 2.75 bits per heavy atom. The number of aromatic hydroxyl groups is 1. The van der Waals surface area contributed by atoms with Crippen LogP contribution in [0.3, 0.4) is 0 Å². The Balaban J connectivity index is 2.31. The van der Waals surface area contributed by atoms with Crippen LogP contribution in [0.5, 0.6) is 5.75 Å². The molecule has 2 N–H and O–H groups in total. The lowest BCUT2D eigenvalue weighted by Crippen LogP contribution is -2.29. The zero-order valence-electron chi connectivity index (χ0n) is 9.06. The van der Waals surface area contributed by atoms with Crippen molar-refractivity contribution in [3.05, 3.63) is 33.9 Å². The van der Waals surface area contributed by atoms with Crippen molar-refractivity contribution in [1.82, 2.24) is 5.32 Å². The molecule has 1 fully saturated rings. The van der Waals surface area contributed by atoms with Gasteiger partial charge in [-0.05, 0) is 38.4 Å². The molecule has 0 atom stereocenters. The fourth-order valence-electron chi connectivity index (χ4n) is 1.92. The fraction of sp³-hybridized carbons (Fsp3) is 0.455. The summed E-state index contributed by atoms with van der Waals surface area (Å²) < 4.78 is 0. The van der Waals surface area contributed by atoms with Gasteiger partial charge in [-0.1, -0.05) is 0 Å². The molecule has 0 aliphatic heterocycles. The molecule has 0 aromatic heterocycles. The lowest BCUT2D eigenvalue weighted by molar-refractivity contribution is -0.385. The summed E-state index contributed by atoms with van der Waals surface area (Å²) in [7, 11) is 1.86. The molecule has 1 saturated carbocycles. The Labute approximate surface area is 93.2 Å². The summed E-state index contributed by atoms with van der Waals surface area (Å²) in [5.41, 5.74) is 0.676. The Bertz CT molecular complexity index is 427. The first-order valence-electron chi connectivity index (χ1n) is 5.21. The zero-order chi connectivity index (χ0) is 11.8. The van der Waals surface area contributed by atoms with Crippen LogP contribution in [-0.4, -0.2) is 22.6 Å². The molecule has 5 nitrogen and oxygen atoms in total. The normalized spacial score (nSPS) is 17.1. The first kappa shape index (κ1) is 10.9. The number of nitrogens with zero attached hydrogens (tertiary/aromatic N) is 1. The number of likely N-dealkylation sites (N-methyl/N-ethyl adjacent to an activating group) is 1. The second-order valence-electron chi connectivity index (χ2n) is 4.28. The van der Waals surface area contributed by atoms with Crippen LogP contribution in [-0.2, 0) is 6.42 Å². The number of phenolic OH excluding ortho intramolecular Hbond substituents is 1. The van der Waals surface area contributed by atoms with Crippen molar-refractivity contribution >= 4 is 5.69 Å². The molecule has 1 aromatic carbocycles. The van der Waals surface area contributed by atoms with Gasteiger partial charge >= 0.3 is 0 Å². The minimum atomic E-state index is -0.402. The molecule has 2 rings (SSSR count). The van der Waals surface area contributed by atoms with Crippen molar-refractivity contribution in [3.63, 3.8) is 0 Å². The zero-order valence-corrected chi connectivity index (χ0v) is 9.06. The Morgan fingerprint density at radius 2 is 2.25 bits per heavy atom. The minimum absolute atomic E-state index is 0.00144. The van der Waals surface area contributed by atoms with Gasteiger partial charge in [-0.2, -0.15) is 0 Å². The van der Waals surface area contributed by atoms with E-state index in [4.69, 9.17) is 0 Å². The summed E-state index contributed by atoms with van der Waals surface area (Å²) in [6, 6.07) is 4.19. The molecule has 1 aromatic rings.